The highest BCUT2D eigenvalue weighted by atomic mass is 16.5. The number of nitrogens with one attached hydrogen (secondary N) is 1. The third-order valence-electron chi connectivity index (χ3n) is 3.30. The largest absolute Gasteiger partial charge is 0.462 e. The lowest BCUT2D eigenvalue weighted by Gasteiger charge is -2.14. The van der Waals surface area contributed by atoms with Crippen LogP contribution in [0.15, 0.2) is 41.3 Å². The predicted octanol–water partition coefficient (Wildman–Crippen LogP) is 2.05. The first kappa shape index (κ1) is 16.3. The zero-order valence-electron chi connectivity index (χ0n) is 13.0. The van der Waals surface area contributed by atoms with Gasteiger partial charge in [0.15, 0.2) is 0 Å². The van der Waals surface area contributed by atoms with Gasteiger partial charge in [-0.15, -0.1) is 0 Å². The Balaban J connectivity index is 2.46. The molecule has 0 spiro atoms. The molecule has 0 atom stereocenters. The molecule has 23 heavy (non-hydrogen) atoms. The molecule has 2 rings (SSSR count). The number of ether oxygens (including phenoxy) is 1. The van der Waals surface area contributed by atoms with Crippen molar-refractivity contribution in [3.63, 3.8) is 0 Å². The van der Waals surface area contributed by atoms with Crippen molar-refractivity contribution in [1.29, 1.82) is 5.26 Å². The molecule has 0 aliphatic carbocycles. The summed E-state index contributed by atoms with van der Waals surface area (Å²) in [5.41, 5.74) is 0.774. The molecular weight excluding hydrogens is 294 g/mol. The van der Waals surface area contributed by atoms with E-state index in [1.165, 1.54) is 17.8 Å². The van der Waals surface area contributed by atoms with Gasteiger partial charge >= 0.3 is 5.97 Å². The zero-order chi connectivity index (χ0) is 16.8. The first-order chi connectivity index (χ1) is 11.1. The minimum absolute atomic E-state index is 0.103. The number of esters is 1. The maximum atomic E-state index is 12.1. The van der Waals surface area contributed by atoms with Crippen molar-refractivity contribution in [2.24, 2.45) is 7.05 Å². The van der Waals surface area contributed by atoms with Crippen molar-refractivity contribution < 1.29 is 9.53 Å². The second-order valence-corrected chi connectivity index (χ2v) is 4.88. The Bertz CT molecular complexity index is 804. The highest BCUT2D eigenvalue weighted by Gasteiger charge is 2.20. The molecule has 1 aromatic carbocycles. The minimum Gasteiger partial charge on any atom is -0.462 e. The summed E-state index contributed by atoms with van der Waals surface area (Å²) in [6.45, 7) is 2.29. The maximum absolute atomic E-state index is 12.1. The average molecular weight is 311 g/mol. The number of rotatable bonds is 5. The highest BCUT2D eigenvalue weighted by Crippen LogP contribution is 2.20. The van der Waals surface area contributed by atoms with Crippen molar-refractivity contribution in [1.82, 2.24) is 4.57 Å². The molecule has 2 aromatic rings. The standard InChI is InChI=1S/C17H17N3O3/c1-3-23-17(22)14-11-20(2)16(21)13(9-18)15(14)19-10-12-7-5-4-6-8-12/h4-8,11,19H,3,10H2,1-2H3. The Morgan fingerprint density at radius 3 is 2.65 bits per heavy atom. The van der Waals surface area contributed by atoms with E-state index < -0.39 is 11.5 Å². The number of aromatic nitrogens is 1. The molecule has 0 saturated carbocycles. The monoisotopic (exact) mass is 311 g/mol. The molecule has 1 heterocycles. The fourth-order valence-electron chi connectivity index (χ4n) is 2.17. The van der Waals surface area contributed by atoms with Crippen molar-refractivity contribution >= 4 is 11.7 Å². The third kappa shape index (κ3) is 3.58. The van der Waals surface area contributed by atoms with Crippen LogP contribution in [-0.4, -0.2) is 17.1 Å². The quantitative estimate of drug-likeness (QED) is 0.854. The molecule has 1 aromatic heterocycles. The summed E-state index contributed by atoms with van der Waals surface area (Å²) in [5.74, 6) is -0.574. The number of hydrogen-bond acceptors (Lipinski definition) is 5. The van der Waals surface area contributed by atoms with Crippen LogP contribution in [0.2, 0.25) is 0 Å². The summed E-state index contributed by atoms with van der Waals surface area (Å²) in [7, 11) is 1.49. The number of anilines is 1. The molecule has 6 nitrogen and oxygen atoms in total. The lowest BCUT2D eigenvalue weighted by atomic mass is 10.1. The van der Waals surface area contributed by atoms with Crippen LogP contribution in [-0.2, 0) is 18.3 Å². The van der Waals surface area contributed by atoms with Gasteiger partial charge in [-0.2, -0.15) is 5.26 Å². The molecule has 6 heteroatoms. The molecule has 0 unspecified atom stereocenters. The van der Waals surface area contributed by atoms with Gasteiger partial charge in [-0.05, 0) is 12.5 Å². The second kappa shape index (κ2) is 7.27. The Kier molecular flexibility index (Phi) is 5.15. The Morgan fingerprint density at radius 1 is 1.35 bits per heavy atom. The normalized spacial score (nSPS) is 9.96. The number of pyridine rings is 1. The van der Waals surface area contributed by atoms with Gasteiger partial charge in [0, 0.05) is 19.8 Å². The zero-order valence-corrected chi connectivity index (χ0v) is 13.0. The summed E-state index contributed by atoms with van der Waals surface area (Å²) in [5, 5.41) is 12.3. The van der Waals surface area contributed by atoms with Crippen molar-refractivity contribution in [3.8, 4) is 6.07 Å². The number of nitriles is 1. The van der Waals surface area contributed by atoms with Gasteiger partial charge in [0.25, 0.3) is 5.56 Å². The maximum Gasteiger partial charge on any atom is 0.341 e. The van der Waals surface area contributed by atoms with Gasteiger partial charge in [0.1, 0.15) is 17.2 Å². The summed E-state index contributed by atoms with van der Waals surface area (Å²) in [6.07, 6.45) is 1.38. The van der Waals surface area contributed by atoms with Gasteiger partial charge in [-0.3, -0.25) is 4.79 Å². The molecule has 118 valence electrons. The Hall–Kier alpha value is -3.07. The average Bonchev–Trinajstić information content (AvgIpc) is 2.56. The van der Waals surface area contributed by atoms with E-state index >= 15 is 0 Å². The molecule has 0 amide bonds. The van der Waals surface area contributed by atoms with Crippen molar-refractivity contribution in [2.45, 2.75) is 13.5 Å². The molecule has 0 aliphatic heterocycles. The highest BCUT2D eigenvalue weighted by molar-refractivity contribution is 5.96. The van der Waals surface area contributed by atoms with E-state index in [4.69, 9.17) is 4.74 Å². The first-order valence-corrected chi connectivity index (χ1v) is 7.17. The number of nitrogens with zero attached hydrogens (tertiary/aromatic N) is 2. The number of benzene rings is 1. The van der Waals surface area contributed by atoms with Crippen LogP contribution in [0.5, 0.6) is 0 Å². The van der Waals surface area contributed by atoms with Gasteiger partial charge in [-0.1, -0.05) is 30.3 Å². The molecule has 0 saturated heterocycles. The second-order valence-electron chi connectivity index (χ2n) is 4.88. The number of hydrogen-bond donors (Lipinski definition) is 1. The van der Waals surface area contributed by atoms with Gasteiger partial charge in [0.05, 0.1) is 12.3 Å². The molecular formula is C17H17N3O3. The summed E-state index contributed by atoms with van der Waals surface area (Å²) >= 11 is 0. The van der Waals surface area contributed by atoms with E-state index in [-0.39, 0.29) is 23.4 Å². The lowest BCUT2D eigenvalue weighted by molar-refractivity contribution is 0.0526. The van der Waals surface area contributed by atoms with E-state index in [2.05, 4.69) is 5.32 Å². The van der Waals surface area contributed by atoms with Crippen LogP contribution in [0.4, 0.5) is 5.69 Å². The molecule has 0 radical (unpaired) electrons. The third-order valence-corrected chi connectivity index (χ3v) is 3.30. The van der Waals surface area contributed by atoms with Crippen LogP contribution < -0.4 is 10.9 Å². The van der Waals surface area contributed by atoms with Crippen LogP contribution in [0, 0.1) is 11.3 Å². The fraction of sp³-hybridized carbons (Fsp3) is 0.235. The first-order valence-electron chi connectivity index (χ1n) is 7.17. The summed E-state index contributed by atoms with van der Waals surface area (Å²) in [6, 6.07) is 11.4. The Labute approximate surface area is 133 Å². The fourth-order valence-corrected chi connectivity index (χ4v) is 2.17. The van der Waals surface area contributed by atoms with Gasteiger partial charge in [-0.25, -0.2) is 4.79 Å². The van der Waals surface area contributed by atoms with Crippen LogP contribution in [0.1, 0.15) is 28.4 Å². The van der Waals surface area contributed by atoms with E-state index in [0.717, 1.165) is 5.56 Å². The van der Waals surface area contributed by atoms with Crippen molar-refractivity contribution in [2.75, 3.05) is 11.9 Å². The molecule has 0 bridgehead atoms. The lowest BCUT2D eigenvalue weighted by Crippen LogP contribution is -2.25. The van der Waals surface area contributed by atoms with Gasteiger partial charge in [0.2, 0.25) is 0 Å². The number of carbonyl (C=O) groups is 1. The summed E-state index contributed by atoms with van der Waals surface area (Å²) < 4.78 is 6.22. The van der Waals surface area contributed by atoms with E-state index in [1.807, 2.05) is 36.4 Å². The predicted molar refractivity (Wildman–Crippen MR) is 86.1 cm³/mol. The minimum atomic E-state index is -0.574. The van der Waals surface area contributed by atoms with Crippen LogP contribution >= 0.6 is 0 Å². The van der Waals surface area contributed by atoms with E-state index in [1.54, 1.807) is 6.92 Å². The summed E-state index contributed by atoms with van der Waals surface area (Å²) in [4.78, 5) is 24.2. The van der Waals surface area contributed by atoms with Crippen LogP contribution in [0.25, 0.3) is 0 Å². The smallest absolute Gasteiger partial charge is 0.341 e. The topological polar surface area (TPSA) is 84.1 Å². The number of aryl methyl sites for hydroxylation is 1. The van der Waals surface area contributed by atoms with Gasteiger partial charge < -0.3 is 14.6 Å². The van der Waals surface area contributed by atoms with Crippen molar-refractivity contribution in [3.05, 3.63) is 63.6 Å². The SMILES string of the molecule is CCOC(=O)c1cn(C)c(=O)c(C#N)c1NCc1ccccc1. The van der Waals surface area contributed by atoms with E-state index in [9.17, 15) is 14.9 Å². The Morgan fingerprint density at radius 2 is 2.04 bits per heavy atom. The molecule has 1 N–H and O–H groups in total. The molecule has 0 aliphatic rings. The number of carbonyl (C=O) groups excluding carboxylic acids is 1. The van der Waals surface area contributed by atoms with Crippen LogP contribution in [0.3, 0.4) is 0 Å². The van der Waals surface area contributed by atoms with E-state index in [0.29, 0.717) is 6.54 Å². The molecule has 0 fully saturated rings.